The van der Waals surface area contributed by atoms with Crippen LogP contribution in [0.25, 0.3) is 0 Å². The number of hydrogen-bond donors (Lipinski definition) is 0. The summed E-state index contributed by atoms with van der Waals surface area (Å²) >= 11 is 0. The lowest BCUT2D eigenvalue weighted by atomic mass is 9.97. The molecule has 1 fully saturated rings. The molecule has 1 amide bonds. The van der Waals surface area contributed by atoms with Gasteiger partial charge in [0.25, 0.3) is 0 Å². The summed E-state index contributed by atoms with van der Waals surface area (Å²) in [6.45, 7) is 8.37. The minimum absolute atomic E-state index is 0.0248. The number of unbranched alkanes of at least 4 members (excludes halogenated alkanes) is 1. The number of ether oxygens (including phenoxy) is 1. The van der Waals surface area contributed by atoms with E-state index in [0.29, 0.717) is 12.8 Å². The van der Waals surface area contributed by atoms with Gasteiger partial charge in [-0.15, -0.1) is 0 Å². The first-order valence-corrected chi connectivity index (χ1v) is 8.35. The molecule has 0 aromatic rings. The Balaban J connectivity index is 2.54. The fourth-order valence-corrected chi connectivity index (χ4v) is 2.51. The molecule has 0 radical (unpaired) electrons. The van der Waals surface area contributed by atoms with Crippen molar-refractivity contribution in [3.05, 3.63) is 0 Å². The number of carbonyl (C=O) groups excluding carboxylic acids is 2. The van der Waals surface area contributed by atoms with E-state index < -0.39 is 5.60 Å². The highest BCUT2D eigenvalue weighted by atomic mass is 16.6. The van der Waals surface area contributed by atoms with Crippen molar-refractivity contribution in [2.24, 2.45) is 0 Å². The third kappa shape index (κ3) is 6.98. The van der Waals surface area contributed by atoms with E-state index in [1.807, 2.05) is 27.7 Å². The lowest BCUT2D eigenvalue weighted by molar-refractivity contribution is -0.114. The maximum atomic E-state index is 12.3. The third-order valence-electron chi connectivity index (χ3n) is 3.56. The number of carbonyl (C=O) groups is 2. The van der Waals surface area contributed by atoms with E-state index in [9.17, 15) is 9.59 Å². The van der Waals surface area contributed by atoms with Crippen LogP contribution in [0.1, 0.15) is 72.6 Å². The van der Waals surface area contributed by atoms with Gasteiger partial charge in [0.1, 0.15) is 5.60 Å². The van der Waals surface area contributed by atoms with E-state index in [4.69, 9.17) is 4.74 Å². The van der Waals surface area contributed by atoms with Crippen molar-refractivity contribution in [2.75, 3.05) is 6.54 Å². The zero-order chi connectivity index (χ0) is 16.6. The van der Waals surface area contributed by atoms with Gasteiger partial charge in [-0.1, -0.05) is 12.8 Å². The molecule has 4 heteroatoms. The van der Waals surface area contributed by atoms with Crippen molar-refractivity contribution >= 4 is 11.9 Å². The molecule has 1 heterocycles. The van der Waals surface area contributed by atoms with Crippen LogP contribution in [0.3, 0.4) is 0 Å². The van der Waals surface area contributed by atoms with E-state index in [-0.39, 0.29) is 17.9 Å². The summed E-state index contributed by atoms with van der Waals surface area (Å²) in [6.07, 6.45) is 5.60. The van der Waals surface area contributed by atoms with Crippen molar-refractivity contribution < 1.29 is 14.3 Å². The summed E-state index contributed by atoms with van der Waals surface area (Å²) < 4.78 is 5.47. The van der Waals surface area contributed by atoms with Crippen molar-refractivity contribution in [1.29, 1.82) is 0 Å². The maximum absolute atomic E-state index is 12.3. The van der Waals surface area contributed by atoms with Crippen LogP contribution in [0.4, 0.5) is 4.79 Å². The topological polar surface area (TPSA) is 46.6 Å². The molecule has 0 saturated carbocycles. The second kappa shape index (κ2) is 8.82. The number of hydrogen-bond acceptors (Lipinski definition) is 3. The molecule has 0 aromatic carbocycles. The van der Waals surface area contributed by atoms with Crippen LogP contribution in [-0.2, 0) is 9.53 Å². The van der Waals surface area contributed by atoms with Crippen LogP contribution in [0, 0.1) is 11.8 Å². The van der Waals surface area contributed by atoms with Gasteiger partial charge < -0.3 is 9.64 Å². The quantitative estimate of drug-likeness (QED) is 0.584. The highest BCUT2D eigenvalue weighted by Gasteiger charge is 2.30. The van der Waals surface area contributed by atoms with Crippen LogP contribution in [0.2, 0.25) is 0 Å². The van der Waals surface area contributed by atoms with Gasteiger partial charge in [-0.25, -0.2) is 4.79 Å². The van der Waals surface area contributed by atoms with Crippen LogP contribution < -0.4 is 0 Å². The molecule has 124 valence electrons. The predicted molar refractivity (Wildman–Crippen MR) is 87.5 cm³/mol. The minimum atomic E-state index is -0.486. The number of amides is 1. The largest absolute Gasteiger partial charge is 0.444 e. The van der Waals surface area contributed by atoms with Gasteiger partial charge in [0, 0.05) is 25.4 Å². The molecule has 0 bridgehead atoms. The molecule has 0 N–H and O–H groups in total. The fraction of sp³-hybridized carbons (Fsp3) is 0.778. The monoisotopic (exact) mass is 307 g/mol. The second-order valence-electron chi connectivity index (χ2n) is 6.84. The lowest BCUT2D eigenvalue weighted by Crippen LogP contribution is -2.46. The summed E-state index contributed by atoms with van der Waals surface area (Å²) in [5.74, 6) is 5.54. The Labute approximate surface area is 134 Å². The Hall–Kier alpha value is -1.50. The minimum Gasteiger partial charge on any atom is -0.444 e. The standard InChI is InChI=1S/C18H29NO3/c1-5-6-7-11-16(20)13-12-15-10-8-9-14-19(15)17(21)22-18(2,3)4/h15H,5-6,8-10,12-14H2,1-4H3. The summed E-state index contributed by atoms with van der Waals surface area (Å²) in [6, 6.07) is 0.0977. The molecule has 1 aliphatic rings. The average Bonchev–Trinajstić information content (AvgIpc) is 2.44. The van der Waals surface area contributed by atoms with E-state index >= 15 is 0 Å². The molecular weight excluding hydrogens is 278 g/mol. The normalized spacial score (nSPS) is 18.4. The first-order valence-electron chi connectivity index (χ1n) is 8.35. The van der Waals surface area contributed by atoms with E-state index in [1.165, 1.54) is 0 Å². The Kier molecular flexibility index (Phi) is 7.44. The smallest absolute Gasteiger partial charge is 0.410 e. The molecular formula is C18H29NO3. The SMILES string of the molecule is CCCC#CC(=O)CCC1CCCCN1C(=O)OC(C)(C)C. The zero-order valence-corrected chi connectivity index (χ0v) is 14.4. The Morgan fingerprint density at radius 1 is 1.27 bits per heavy atom. The maximum Gasteiger partial charge on any atom is 0.410 e. The molecule has 1 saturated heterocycles. The van der Waals surface area contributed by atoms with Crippen LogP contribution in [-0.4, -0.2) is 35.0 Å². The number of piperidine rings is 1. The molecule has 0 spiro atoms. The molecule has 22 heavy (non-hydrogen) atoms. The van der Waals surface area contributed by atoms with E-state index in [1.54, 1.807) is 4.90 Å². The van der Waals surface area contributed by atoms with Gasteiger partial charge in [0.2, 0.25) is 5.78 Å². The Morgan fingerprint density at radius 2 is 2.00 bits per heavy atom. The number of Topliss-reactive ketones (excluding diaryl/α,β-unsaturated/α-hetero) is 1. The second-order valence-corrected chi connectivity index (χ2v) is 6.84. The highest BCUT2D eigenvalue weighted by molar-refractivity contribution is 5.95. The van der Waals surface area contributed by atoms with Gasteiger partial charge in [-0.05, 0) is 58.8 Å². The zero-order valence-electron chi connectivity index (χ0n) is 14.4. The first kappa shape index (κ1) is 18.5. The van der Waals surface area contributed by atoms with Crippen molar-refractivity contribution in [1.82, 2.24) is 4.90 Å². The van der Waals surface area contributed by atoms with Crippen LogP contribution in [0.15, 0.2) is 0 Å². The van der Waals surface area contributed by atoms with Crippen LogP contribution in [0.5, 0.6) is 0 Å². The van der Waals surface area contributed by atoms with Crippen LogP contribution >= 0.6 is 0 Å². The molecule has 0 aliphatic carbocycles. The van der Waals surface area contributed by atoms with E-state index in [2.05, 4.69) is 11.8 Å². The highest BCUT2D eigenvalue weighted by Crippen LogP contribution is 2.23. The average molecular weight is 307 g/mol. The number of likely N-dealkylation sites (tertiary alicyclic amines) is 1. The summed E-state index contributed by atoms with van der Waals surface area (Å²) in [7, 11) is 0. The number of ketones is 1. The Morgan fingerprint density at radius 3 is 2.64 bits per heavy atom. The van der Waals surface area contributed by atoms with Gasteiger partial charge in [-0.2, -0.15) is 0 Å². The molecule has 1 aliphatic heterocycles. The molecule has 4 nitrogen and oxygen atoms in total. The third-order valence-corrected chi connectivity index (χ3v) is 3.56. The Bertz CT molecular complexity index is 439. The number of nitrogens with zero attached hydrogens (tertiary/aromatic N) is 1. The van der Waals surface area contributed by atoms with Crippen molar-refractivity contribution in [3.63, 3.8) is 0 Å². The molecule has 1 atom stereocenters. The lowest BCUT2D eigenvalue weighted by Gasteiger charge is -2.36. The fourth-order valence-electron chi connectivity index (χ4n) is 2.51. The summed E-state index contributed by atoms with van der Waals surface area (Å²) in [5, 5.41) is 0. The molecule has 1 rings (SSSR count). The van der Waals surface area contributed by atoms with Crippen molar-refractivity contribution in [2.45, 2.75) is 84.3 Å². The summed E-state index contributed by atoms with van der Waals surface area (Å²) in [4.78, 5) is 25.8. The first-order chi connectivity index (χ1) is 10.3. The van der Waals surface area contributed by atoms with Gasteiger partial charge >= 0.3 is 6.09 Å². The van der Waals surface area contributed by atoms with Crippen molar-refractivity contribution in [3.8, 4) is 11.8 Å². The number of rotatable bonds is 4. The van der Waals surface area contributed by atoms with E-state index in [0.717, 1.165) is 38.6 Å². The summed E-state index contributed by atoms with van der Waals surface area (Å²) in [5.41, 5.74) is -0.486. The molecule has 1 unspecified atom stereocenters. The molecule has 0 aromatic heterocycles. The van der Waals surface area contributed by atoms with Gasteiger partial charge in [0.05, 0.1) is 0 Å². The van der Waals surface area contributed by atoms with Gasteiger partial charge in [-0.3, -0.25) is 4.79 Å². The van der Waals surface area contributed by atoms with Gasteiger partial charge in [0.15, 0.2) is 0 Å². The predicted octanol–water partition coefficient (Wildman–Crippen LogP) is 3.93.